The van der Waals surface area contributed by atoms with Gasteiger partial charge >= 0.3 is 0 Å². The molecule has 1 aromatic rings. The second-order valence-electron chi connectivity index (χ2n) is 5.96. The molecule has 0 bridgehead atoms. The predicted octanol–water partition coefficient (Wildman–Crippen LogP) is 2.25. The second kappa shape index (κ2) is 6.57. The van der Waals surface area contributed by atoms with Crippen molar-refractivity contribution in [2.45, 2.75) is 44.7 Å². The molecule has 0 saturated carbocycles. The average Bonchev–Trinajstić information content (AvgIpc) is 3.03. The zero-order chi connectivity index (χ0) is 15.5. The number of hydrogen-bond donors (Lipinski definition) is 1. The number of carbonyl (C=O) groups is 1. The lowest BCUT2D eigenvalue weighted by atomic mass is 10.0. The molecule has 0 aromatic heterocycles. The van der Waals surface area contributed by atoms with E-state index in [0.29, 0.717) is 13.2 Å². The molecular weight excluding hydrogens is 280 g/mol. The molecule has 2 N–H and O–H groups in total. The molecule has 5 nitrogen and oxygen atoms in total. The second-order valence-corrected chi connectivity index (χ2v) is 5.96. The summed E-state index contributed by atoms with van der Waals surface area (Å²) in [5.41, 5.74) is 7.09. The van der Waals surface area contributed by atoms with Crippen molar-refractivity contribution in [3.8, 4) is 11.5 Å². The first-order valence-corrected chi connectivity index (χ1v) is 8.17. The van der Waals surface area contributed by atoms with Gasteiger partial charge in [-0.1, -0.05) is 25.5 Å². The molecule has 0 spiro atoms. The number of amides is 1. The van der Waals surface area contributed by atoms with Gasteiger partial charge in [-0.25, -0.2) is 0 Å². The standard InChI is InChI=1S/C17H24N2O3/c1-2-5-13(18)17(20)19-9-4-7-14(19)12-6-3-8-15-16(12)22-11-10-21-15/h3,6,8,13-14H,2,4-5,7,9-11,18H2,1H3. The van der Waals surface area contributed by atoms with Crippen LogP contribution in [0.1, 0.15) is 44.2 Å². The molecule has 2 aliphatic heterocycles. The lowest BCUT2D eigenvalue weighted by Gasteiger charge is -2.30. The highest BCUT2D eigenvalue weighted by atomic mass is 16.6. The van der Waals surface area contributed by atoms with E-state index >= 15 is 0 Å². The largest absolute Gasteiger partial charge is 0.486 e. The monoisotopic (exact) mass is 304 g/mol. The summed E-state index contributed by atoms with van der Waals surface area (Å²) in [4.78, 5) is 14.5. The highest BCUT2D eigenvalue weighted by molar-refractivity contribution is 5.82. The van der Waals surface area contributed by atoms with Crippen LogP contribution in [0.3, 0.4) is 0 Å². The Kier molecular flexibility index (Phi) is 4.52. The Bertz CT molecular complexity index is 547. The van der Waals surface area contributed by atoms with Gasteiger partial charge in [-0.3, -0.25) is 4.79 Å². The zero-order valence-corrected chi connectivity index (χ0v) is 13.1. The van der Waals surface area contributed by atoms with Gasteiger partial charge in [0.05, 0.1) is 12.1 Å². The quantitative estimate of drug-likeness (QED) is 0.926. The average molecular weight is 304 g/mol. The number of likely N-dealkylation sites (tertiary alicyclic amines) is 1. The fourth-order valence-electron chi connectivity index (χ4n) is 3.36. The summed E-state index contributed by atoms with van der Waals surface area (Å²) in [6.45, 7) is 3.95. The van der Waals surface area contributed by atoms with Gasteiger partial charge in [0, 0.05) is 12.1 Å². The predicted molar refractivity (Wildman–Crippen MR) is 84.0 cm³/mol. The maximum Gasteiger partial charge on any atom is 0.239 e. The van der Waals surface area contributed by atoms with Gasteiger partial charge in [0.2, 0.25) is 5.91 Å². The van der Waals surface area contributed by atoms with Gasteiger partial charge in [0.1, 0.15) is 13.2 Å². The minimum absolute atomic E-state index is 0.0482. The molecule has 2 aliphatic rings. The number of nitrogens with zero attached hydrogens (tertiary/aromatic N) is 1. The summed E-state index contributed by atoms with van der Waals surface area (Å²) in [6.07, 6.45) is 3.60. The van der Waals surface area contributed by atoms with Crippen LogP contribution < -0.4 is 15.2 Å². The molecule has 1 fully saturated rings. The van der Waals surface area contributed by atoms with Crippen LogP contribution in [0.2, 0.25) is 0 Å². The molecule has 0 radical (unpaired) electrons. The highest BCUT2D eigenvalue weighted by Crippen LogP contribution is 2.42. The van der Waals surface area contributed by atoms with Crippen molar-refractivity contribution in [3.63, 3.8) is 0 Å². The Hall–Kier alpha value is -1.75. The molecular formula is C17H24N2O3. The van der Waals surface area contributed by atoms with Gasteiger partial charge in [0.25, 0.3) is 0 Å². The van der Waals surface area contributed by atoms with Crippen molar-refractivity contribution in [3.05, 3.63) is 23.8 Å². The van der Waals surface area contributed by atoms with E-state index in [1.165, 1.54) is 0 Å². The third-order valence-corrected chi connectivity index (χ3v) is 4.41. The van der Waals surface area contributed by atoms with Crippen LogP contribution in [0.5, 0.6) is 11.5 Å². The van der Waals surface area contributed by atoms with E-state index in [9.17, 15) is 4.79 Å². The van der Waals surface area contributed by atoms with E-state index in [1.54, 1.807) is 0 Å². The zero-order valence-electron chi connectivity index (χ0n) is 13.1. The molecule has 5 heteroatoms. The highest BCUT2D eigenvalue weighted by Gasteiger charge is 2.35. The van der Waals surface area contributed by atoms with Gasteiger partial charge in [-0.2, -0.15) is 0 Å². The first kappa shape index (κ1) is 15.2. The van der Waals surface area contributed by atoms with Crippen molar-refractivity contribution in [2.75, 3.05) is 19.8 Å². The van der Waals surface area contributed by atoms with Crippen LogP contribution in [0.25, 0.3) is 0 Å². The van der Waals surface area contributed by atoms with Crippen LogP contribution in [0.4, 0.5) is 0 Å². The SMILES string of the molecule is CCCC(N)C(=O)N1CCCC1c1cccc2c1OCCO2. The van der Waals surface area contributed by atoms with Gasteiger partial charge < -0.3 is 20.1 Å². The fraction of sp³-hybridized carbons (Fsp3) is 0.588. The summed E-state index contributed by atoms with van der Waals surface area (Å²) in [5, 5.41) is 0. The number of benzene rings is 1. The normalized spacial score (nSPS) is 21.7. The Morgan fingerprint density at radius 2 is 2.23 bits per heavy atom. The van der Waals surface area contributed by atoms with Crippen molar-refractivity contribution >= 4 is 5.91 Å². The number of hydrogen-bond acceptors (Lipinski definition) is 4. The first-order chi connectivity index (χ1) is 10.7. The summed E-state index contributed by atoms with van der Waals surface area (Å²) in [6, 6.07) is 5.57. The number of carbonyl (C=O) groups excluding carboxylic acids is 1. The molecule has 120 valence electrons. The molecule has 2 atom stereocenters. The molecule has 0 aliphatic carbocycles. The smallest absolute Gasteiger partial charge is 0.239 e. The van der Waals surface area contributed by atoms with Crippen LogP contribution in [-0.4, -0.2) is 36.6 Å². The van der Waals surface area contributed by atoms with Gasteiger partial charge in [-0.15, -0.1) is 0 Å². The van der Waals surface area contributed by atoms with E-state index < -0.39 is 6.04 Å². The third-order valence-electron chi connectivity index (χ3n) is 4.41. The number of para-hydroxylation sites is 1. The van der Waals surface area contributed by atoms with Crippen LogP contribution in [0.15, 0.2) is 18.2 Å². The number of fused-ring (bicyclic) bond motifs is 1. The number of ether oxygens (including phenoxy) is 2. The maximum atomic E-state index is 12.6. The summed E-state index contributed by atoms with van der Waals surface area (Å²) < 4.78 is 11.5. The lowest BCUT2D eigenvalue weighted by molar-refractivity contribution is -0.133. The number of nitrogens with two attached hydrogens (primary N) is 1. The lowest BCUT2D eigenvalue weighted by Crippen LogP contribution is -2.43. The fourth-order valence-corrected chi connectivity index (χ4v) is 3.36. The van der Waals surface area contributed by atoms with E-state index in [-0.39, 0.29) is 11.9 Å². The van der Waals surface area contributed by atoms with Gasteiger partial charge in [0.15, 0.2) is 11.5 Å². The Balaban J connectivity index is 1.86. The topological polar surface area (TPSA) is 64.8 Å². The minimum atomic E-state index is -0.401. The van der Waals surface area contributed by atoms with E-state index in [2.05, 4.69) is 0 Å². The molecule has 1 saturated heterocycles. The molecule has 1 aromatic carbocycles. The van der Waals surface area contributed by atoms with Crippen LogP contribution in [0, 0.1) is 0 Å². The van der Waals surface area contributed by atoms with Crippen LogP contribution >= 0.6 is 0 Å². The molecule has 1 amide bonds. The molecule has 3 rings (SSSR count). The minimum Gasteiger partial charge on any atom is -0.486 e. The Morgan fingerprint density at radius 3 is 3.05 bits per heavy atom. The van der Waals surface area contributed by atoms with E-state index in [1.807, 2.05) is 30.0 Å². The van der Waals surface area contributed by atoms with Crippen molar-refractivity contribution in [1.29, 1.82) is 0 Å². The third kappa shape index (κ3) is 2.77. The Morgan fingerprint density at radius 1 is 1.41 bits per heavy atom. The maximum absolute atomic E-state index is 12.6. The molecule has 22 heavy (non-hydrogen) atoms. The molecule has 2 unspecified atom stereocenters. The van der Waals surface area contributed by atoms with Crippen LogP contribution in [-0.2, 0) is 4.79 Å². The summed E-state index contributed by atoms with van der Waals surface area (Å²) >= 11 is 0. The van der Waals surface area contributed by atoms with Gasteiger partial charge in [-0.05, 0) is 25.3 Å². The van der Waals surface area contributed by atoms with E-state index in [4.69, 9.17) is 15.2 Å². The number of rotatable bonds is 4. The molecule has 2 heterocycles. The summed E-state index contributed by atoms with van der Waals surface area (Å²) in [5.74, 6) is 1.63. The Labute approximate surface area is 131 Å². The van der Waals surface area contributed by atoms with Crippen molar-refractivity contribution in [1.82, 2.24) is 4.90 Å². The van der Waals surface area contributed by atoms with E-state index in [0.717, 1.165) is 49.3 Å². The summed E-state index contributed by atoms with van der Waals surface area (Å²) in [7, 11) is 0. The first-order valence-electron chi connectivity index (χ1n) is 8.17. The van der Waals surface area contributed by atoms with Crippen molar-refractivity contribution < 1.29 is 14.3 Å². The van der Waals surface area contributed by atoms with Crippen molar-refractivity contribution in [2.24, 2.45) is 5.73 Å².